The van der Waals surface area contributed by atoms with Crippen LogP contribution in [0.4, 0.5) is 0 Å². The van der Waals surface area contributed by atoms with Crippen molar-refractivity contribution in [3.8, 4) is 0 Å². The maximum Gasteiger partial charge on any atom is 0.242 e. The highest BCUT2D eigenvalue weighted by Gasteiger charge is 2.32. The summed E-state index contributed by atoms with van der Waals surface area (Å²) in [6.07, 6.45) is 2.58. The maximum atomic E-state index is 12.2. The van der Waals surface area contributed by atoms with Crippen LogP contribution in [0, 0.1) is 5.92 Å². The third kappa shape index (κ3) is 2.43. The molecule has 2 aliphatic rings. The Kier molecular flexibility index (Phi) is 3.50. The molecule has 0 atom stereocenters. The van der Waals surface area contributed by atoms with Crippen LogP contribution >= 0.6 is 12.2 Å². The second-order valence-electron chi connectivity index (χ2n) is 5.86. The molecule has 1 fully saturated rings. The minimum Gasteiger partial charge on any atom is -0.302 e. The van der Waals surface area contributed by atoms with Crippen molar-refractivity contribution in [2.45, 2.75) is 6.42 Å². The van der Waals surface area contributed by atoms with Crippen LogP contribution in [0.2, 0.25) is 0 Å². The molecule has 118 valence electrons. The molecular formula is C19H14N2O2S. The summed E-state index contributed by atoms with van der Waals surface area (Å²) in [5.41, 5.74) is 5.41. The van der Waals surface area contributed by atoms with Gasteiger partial charge in [0, 0.05) is 0 Å². The standard InChI is InChI=1S/C19H14N2O2S/c22-17-16(18(23)21-19(24)20-17)10-15-13-7-3-1-5-11(13)9-12-6-2-4-8-14(12)15/h1-8,10,16H,9H2,(H2,20,21,22,23,24). The summed E-state index contributed by atoms with van der Waals surface area (Å²) in [6, 6.07) is 16.2. The number of hydrogen-bond donors (Lipinski definition) is 2. The van der Waals surface area contributed by atoms with E-state index in [9.17, 15) is 9.59 Å². The van der Waals surface area contributed by atoms with E-state index in [-0.39, 0.29) is 5.11 Å². The molecule has 4 rings (SSSR count). The van der Waals surface area contributed by atoms with Crippen molar-refractivity contribution in [3.63, 3.8) is 0 Å². The van der Waals surface area contributed by atoms with Crippen molar-refractivity contribution in [1.82, 2.24) is 10.6 Å². The molecule has 2 aromatic rings. The molecule has 1 heterocycles. The molecular weight excluding hydrogens is 320 g/mol. The van der Waals surface area contributed by atoms with E-state index >= 15 is 0 Å². The Morgan fingerprint density at radius 1 is 0.875 bits per heavy atom. The average molecular weight is 334 g/mol. The lowest BCUT2D eigenvalue weighted by Crippen LogP contribution is -2.55. The molecule has 0 spiro atoms. The first-order valence-electron chi connectivity index (χ1n) is 7.67. The molecule has 2 N–H and O–H groups in total. The molecule has 1 aliphatic carbocycles. The van der Waals surface area contributed by atoms with Crippen molar-refractivity contribution >= 4 is 34.7 Å². The monoisotopic (exact) mass is 334 g/mol. The highest BCUT2D eigenvalue weighted by atomic mass is 32.1. The highest BCUT2D eigenvalue weighted by molar-refractivity contribution is 7.80. The minimum atomic E-state index is -0.897. The first-order valence-corrected chi connectivity index (χ1v) is 8.08. The Bertz CT molecular complexity index is 850. The molecule has 5 heteroatoms. The third-order valence-electron chi connectivity index (χ3n) is 4.37. The molecule has 24 heavy (non-hydrogen) atoms. The van der Waals surface area contributed by atoms with Gasteiger partial charge in [-0.15, -0.1) is 0 Å². The fourth-order valence-electron chi connectivity index (χ4n) is 3.25. The van der Waals surface area contributed by atoms with Gasteiger partial charge in [0.25, 0.3) is 0 Å². The SMILES string of the molecule is O=C1NC(=S)NC(=O)C1C=C1c2ccccc2Cc2ccccc21. The topological polar surface area (TPSA) is 58.2 Å². The minimum absolute atomic E-state index is 0.0593. The molecule has 2 amide bonds. The zero-order valence-corrected chi connectivity index (χ0v) is 13.5. The van der Waals surface area contributed by atoms with Crippen LogP contribution in [0.15, 0.2) is 54.6 Å². The van der Waals surface area contributed by atoms with Crippen LogP contribution in [0.1, 0.15) is 22.3 Å². The summed E-state index contributed by atoms with van der Waals surface area (Å²) in [5, 5.41) is 5.09. The van der Waals surface area contributed by atoms with Gasteiger partial charge in [-0.25, -0.2) is 0 Å². The number of carbonyl (C=O) groups excluding carboxylic acids is 2. The van der Waals surface area contributed by atoms with Gasteiger partial charge < -0.3 is 10.6 Å². The molecule has 0 saturated carbocycles. The van der Waals surface area contributed by atoms with E-state index < -0.39 is 17.7 Å². The van der Waals surface area contributed by atoms with E-state index in [1.54, 1.807) is 6.08 Å². The van der Waals surface area contributed by atoms with Crippen molar-refractivity contribution in [1.29, 1.82) is 0 Å². The van der Waals surface area contributed by atoms with Crippen molar-refractivity contribution in [2.24, 2.45) is 5.92 Å². The van der Waals surface area contributed by atoms with Gasteiger partial charge in [-0.3, -0.25) is 9.59 Å². The van der Waals surface area contributed by atoms with E-state index in [4.69, 9.17) is 12.2 Å². The largest absolute Gasteiger partial charge is 0.302 e. The second-order valence-corrected chi connectivity index (χ2v) is 6.26. The Morgan fingerprint density at radius 3 is 1.92 bits per heavy atom. The van der Waals surface area contributed by atoms with Crippen LogP contribution in [0.25, 0.3) is 5.57 Å². The number of rotatable bonds is 1. The third-order valence-corrected chi connectivity index (χ3v) is 4.57. The van der Waals surface area contributed by atoms with Crippen LogP contribution < -0.4 is 10.6 Å². The average Bonchev–Trinajstić information content (AvgIpc) is 2.57. The molecule has 0 bridgehead atoms. The number of thiocarbonyl (C=S) groups is 1. The number of fused-ring (bicyclic) bond motifs is 2. The first kappa shape index (κ1) is 14.8. The van der Waals surface area contributed by atoms with Crippen molar-refractivity contribution in [2.75, 3.05) is 0 Å². The van der Waals surface area contributed by atoms with Gasteiger partial charge in [0.15, 0.2) is 5.11 Å². The van der Waals surface area contributed by atoms with Gasteiger partial charge in [0.1, 0.15) is 5.92 Å². The van der Waals surface area contributed by atoms with Gasteiger partial charge in [0.2, 0.25) is 11.8 Å². The van der Waals surface area contributed by atoms with Crippen LogP contribution in [-0.4, -0.2) is 16.9 Å². The van der Waals surface area contributed by atoms with E-state index in [0.29, 0.717) is 0 Å². The fourth-order valence-corrected chi connectivity index (χ4v) is 3.45. The number of carbonyl (C=O) groups is 2. The lowest BCUT2D eigenvalue weighted by Gasteiger charge is -2.25. The molecule has 0 aromatic heterocycles. The van der Waals surface area contributed by atoms with Crippen molar-refractivity contribution < 1.29 is 9.59 Å². The highest BCUT2D eigenvalue weighted by Crippen LogP contribution is 2.36. The fraction of sp³-hybridized carbons (Fsp3) is 0.105. The summed E-state index contributed by atoms with van der Waals surface area (Å²) >= 11 is 4.86. The molecule has 0 radical (unpaired) electrons. The normalized spacial score (nSPS) is 16.8. The molecule has 1 saturated heterocycles. The first-order chi connectivity index (χ1) is 11.6. The van der Waals surface area contributed by atoms with Gasteiger partial charge in [-0.2, -0.15) is 0 Å². The predicted molar refractivity (Wildman–Crippen MR) is 95.1 cm³/mol. The summed E-state index contributed by atoms with van der Waals surface area (Å²) in [6.45, 7) is 0. The van der Waals surface area contributed by atoms with E-state index in [0.717, 1.165) is 23.1 Å². The lowest BCUT2D eigenvalue weighted by molar-refractivity contribution is -0.132. The van der Waals surface area contributed by atoms with Gasteiger partial charge in [-0.05, 0) is 46.5 Å². The summed E-state index contributed by atoms with van der Waals surface area (Å²) in [5.74, 6) is -1.68. The van der Waals surface area contributed by atoms with Crippen LogP contribution in [0.5, 0.6) is 0 Å². The smallest absolute Gasteiger partial charge is 0.242 e. The summed E-state index contributed by atoms with van der Waals surface area (Å²) in [4.78, 5) is 24.4. The van der Waals surface area contributed by atoms with Crippen LogP contribution in [-0.2, 0) is 16.0 Å². The zero-order chi connectivity index (χ0) is 16.7. The van der Waals surface area contributed by atoms with Crippen molar-refractivity contribution in [3.05, 3.63) is 76.9 Å². The Balaban J connectivity index is 1.87. The van der Waals surface area contributed by atoms with E-state index in [1.165, 1.54) is 11.1 Å². The quantitative estimate of drug-likeness (QED) is 0.530. The molecule has 4 nitrogen and oxygen atoms in total. The molecule has 0 unspecified atom stereocenters. The van der Waals surface area contributed by atoms with Crippen LogP contribution in [0.3, 0.4) is 0 Å². The summed E-state index contributed by atoms with van der Waals surface area (Å²) < 4.78 is 0. The van der Waals surface area contributed by atoms with Gasteiger partial charge in [-0.1, -0.05) is 54.6 Å². The van der Waals surface area contributed by atoms with E-state index in [1.807, 2.05) is 36.4 Å². The Labute approximate surface area is 144 Å². The number of nitrogens with one attached hydrogen (secondary N) is 2. The number of hydrogen-bond acceptors (Lipinski definition) is 3. The number of amides is 2. The molecule has 2 aromatic carbocycles. The zero-order valence-electron chi connectivity index (χ0n) is 12.7. The van der Waals surface area contributed by atoms with Gasteiger partial charge >= 0.3 is 0 Å². The lowest BCUT2D eigenvalue weighted by atomic mass is 9.80. The predicted octanol–water partition coefficient (Wildman–Crippen LogP) is 2.17. The van der Waals surface area contributed by atoms with Gasteiger partial charge in [0.05, 0.1) is 0 Å². The number of benzene rings is 2. The second kappa shape index (κ2) is 5.69. The van der Waals surface area contributed by atoms with E-state index in [2.05, 4.69) is 22.8 Å². The Hall–Kier alpha value is -2.79. The maximum absolute atomic E-state index is 12.2. The Morgan fingerprint density at radius 2 is 1.38 bits per heavy atom. The summed E-state index contributed by atoms with van der Waals surface area (Å²) in [7, 11) is 0. The molecule has 1 aliphatic heterocycles.